The van der Waals surface area contributed by atoms with Gasteiger partial charge in [-0.2, -0.15) is 0 Å². The zero-order chi connectivity index (χ0) is 8.81. The minimum absolute atomic E-state index is 0.694. The van der Waals surface area contributed by atoms with E-state index in [1.165, 1.54) is 6.08 Å². The Hall–Kier alpha value is -1.77. The Kier molecular flexibility index (Phi) is 2.90. The van der Waals surface area contributed by atoms with Crippen molar-refractivity contribution in [2.24, 2.45) is 0 Å². The first-order valence-corrected chi connectivity index (χ1v) is 3.55. The maximum Gasteiger partial charge on any atom is 0.144 e. The van der Waals surface area contributed by atoms with Gasteiger partial charge in [0.2, 0.25) is 0 Å². The molecule has 0 aliphatic heterocycles. The highest BCUT2D eigenvalue weighted by atomic mass is 16.1. The average Bonchev–Trinajstić information content (AvgIpc) is 2.05. The summed E-state index contributed by atoms with van der Waals surface area (Å²) in [5, 5.41) is 2.89. The second kappa shape index (κ2) is 4.18. The Labute approximate surface area is 70.9 Å². The number of nitrogen functional groups attached to an aromatic ring is 1. The summed E-state index contributed by atoms with van der Waals surface area (Å²) in [5.74, 6) is 0. The van der Waals surface area contributed by atoms with E-state index in [-0.39, 0.29) is 0 Å². The van der Waals surface area contributed by atoms with Gasteiger partial charge in [-0.25, -0.2) is 0 Å². The van der Waals surface area contributed by atoms with Crippen LogP contribution in [0.4, 0.5) is 11.4 Å². The molecular weight excluding hydrogens is 152 g/mol. The maximum atomic E-state index is 9.91. The zero-order valence-corrected chi connectivity index (χ0v) is 6.53. The molecule has 3 heteroatoms. The van der Waals surface area contributed by atoms with E-state index in [1.54, 1.807) is 18.3 Å². The van der Waals surface area contributed by atoms with E-state index in [4.69, 9.17) is 5.73 Å². The molecule has 0 unspecified atom stereocenters. The predicted molar refractivity (Wildman–Crippen MR) is 49.7 cm³/mol. The van der Waals surface area contributed by atoms with Crippen molar-refractivity contribution in [2.75, 3.05) is 11.1 Å². The SMILES string of the molecule is Nc1cccc(N/C=C/C=O)c1. The lowest BCUT2D eigenvalue weighted by Gasteiger charge is -1.99. The van der Waals surface area contributed by atoms with E-state index in [0.717, 1.165) is 5.69 Å². The molecular formula is C9H10N2O. The van der Waals surface area contributed by atoms with E-state index in [1.807, 2.05) is 12.1 Å². The molecule has 3 nitrogen and oxygen atoms in total. The Bertz CT molecular complexity index is 294. The molecule has 0 spiro atoms. The van der Waals surface area contributed by atoms with Crippen LogP contribution in [0.25, 0.3) is 0 Å². The third kappa shape index (κ3) is 2.46. The van der Waals surface area contributed by atoms with Crippen LogP contribution < -0.4 is 11.1 Å². The number of anilines is 2. The fourth-order valence-electron chi connectivity index (χ4n) is 0.812. The highest BCUT2D eigenvalue weighted by Crippen LogP contribution is 2.10. The van der Waals surface area contributed by atoms with Crippen LogP contribution in [0.3, 0.4) is 0 Å². The molecule has 12 heavy (non-hydrogen) atoms. The van der Waals surface area contributed by atoms with Crippen LogP contribution in [-0.4, -0.2) is 6.29 Å². The van der Waals surface area contributed by atoms with Crippen molar-refractivity contribution in [1.82, 2.24) is 0 Å². The Morgan fingerprint density at radius 1 is 1.42 bits per heavy atom. The molecule has 0 atom stereocenters. The van der Waals surface area contributed by atoms with Gasteiger partial charge in [0, 0.05) is 17.6 Å². The van der Waals surface area contributed by atoms with Gasteiger partial charge in [-0.15, -0.1) is 0 Å². The highest BCUT2D eigenvalue weighted by molar-refractivity contribution is 5.66. The van der Waals surface area contributed by atoms with Crippen LogP contribution in [0.1, 0.15) is 0 Å². The van der Waals surface area contributed by atoms with E-state index < -0.39 is 0 Å². The molecule has 1 aromatic carbocycles. The second-order valence-corrected chi connectivity index (χ2v) is 2.26. The summed E-state index contributed by atoms with van der Waals surface area (Å²) >= 11 is 0. The topological polar surface area (TPSA) is 55.1 Å². The summed E-state index contributed by atoms with van der Waals surface area (Å²) in [6, 6.07) is 7.29. The first-order chi connectivity index (χ1) is 5.83. The lowest BCUT2D eigenvalue weighted by atomic mass is 10.3. The molecule has 0 fully saturated rings. The summed E-state index contributed by atoms with van der Waals surface area (Å²) in [4.78, 5) is 9.91. The number of carbonyl (C=O) groups is 1. The number of carbonyl (C=O) groups excluding carboxylic acids is 1. The average molecular weight is 162 g/mol. The summed E-state index contributed by atoms with van der Waals surface area (Å²) < 4.78 is 0. The molecule has 0 aliphatic carbocycles. The fourth-order valence-corrected chi connectivity index (χ4v) is 0.812. The van der Waals surface area contributed by atoms with Gasteiger partial charge in [0.1, 0.15) is 6.29 Å². The number of nitrogens with two attached hydrogens (primary N) is 1. The van der Waals surface area contributed by atoms with Gasteiger partial charge < -0.3 is 11.1 Å². The number of hydrogen-bond acceptors (Lipinski definition) is 3. The van der Waals surface area contributed by atoms with Crippen molar-refractivity contribution in [3.8, 4) is 0 Å². The first-order valence-electron chi connectivity index (χ1n) is 3.55. The Morgan fingerprint density at radius 2 is 2.25 bits per heavy atom. The van der Waals surface area contributed by atoms with E-state index in [2.05, 4.69) is 5.32 Å². The molecule has 62 valence electrons. The fraction of sp³-hybridized carbons (Fsp3) is 0. The van der Waals surface area contributed by atoms with Gasteiger partial charge in [0.25, 0.3) is 0 Å². The van der Waals surface area contributed by atoms with Crippen LogP contribution in [0.15, 0.2) is 36.5 Å². The number of aldehydes is 1. The normalized spacial score (nSPS) is 10.0. The van der Waals surface area contributed by atoms with Crippen molar-refractivity contribution in [2.45, 2.75) is 0 Å². The molecule has 1 rings (SSSR count). The smallest absolute Gasteiger partial charge is 0.144 e. The van der Waals surface area contributed by atoms with Crippen LogP contribution >= 0.6 is 0 Å². The molecule has 0 saturated carbocycles. The van der Waals surface area contributed by atoms with Crippen molar-refractivity contribution in [1.29, 1.82) is 0 Å². The van der Waals surface area contributed by atoms with Crippen molar-refractivity contribution >= 4 is 17.7 Å². The van der Waals surface area contributed by atoms with E-state index in [0.29, 0.717) is 12.0 Å². The van der Waals surface area contributed by atoms with Crippen molar-refractivity contribution < 1.29 is 4.79 Å². The largest absolute Gasteiger partial charge is 0.399 e. The second-order valence-electron chi connectivity index (χ2n) is 2.26. The van der Waals surface area contributed by atoms with Gasteiger partial charge in [-0.1, -0.05) is 6.07 Å². The summed E-state index contributed by atoms with van der Waals surface area (Å²) in [5.41, 5.74) is 7.09. The van der Waals surface area contributed by atoms with Gasteiger partial charge in [0.05, 0.1) is 0 Å². The molecule has 0 bridgehead atoms. The van der Waals surface area contributed by atoms with E-state index in [9.17, 15) is 4.79 Å². The third-order valence-corrected chi connectivity index (χ3v) is 1.31. The maximum absolute atomic E-state index is 9.91. The van der Waals surface area contributed by atoms with Gasteiger partial charge in [0.15, 0.2) is 0 Å². The summed E-state index contributed by atoms with van der Waals surface area (Å²) in [6.45, 7) is 0. The molecule has 0 aromatic heterocycles. The summed E-state index contributed by atoms with van der Waals surface area (Å²) in [6.07, 6.45) is 3.64. The molecule has 0 radical (unpaired) electrons. The third-order valence-electron chi connectivity index (χ3n) is 1.31. The van der Waals surface area contributed by atoms with Gasteiger partial charge in [-0.05, 0) is 24.3 Å². The van der Waals surface area contributed by atoms with Crippen LogP contribution in [0, 0.1) is 0 Å². The number of hydrogen-bond donors (Lipinski definition) is 2. The molecule has 3 N–H and O–H groups in total. The number of allylic oxidation sites excluding steroid dienone is 1. The van der Waals surface area contributed by atoms with E-state index >= 15 is 0 Å². The molecule has 0 heterocycles. The van der Waals surface area contributed by atoms with Crippen LogP contribution in [-0.2, 0) is 4.79 Å². The molecule has 0 aliphatic rings. The van der Waals surface area contributed by atoms with Gasteiger partial charge in [-0.3, -0.25) is 4.79 Å². The Balaban J connectivity index is 2.63. The highest BCUT2D eigenvalue weighted by Gasteiger charge is 1.87. The van der Waals surface area contributed by atoms with Crippen LogP contribution in [0.5, 0.6) is 0 Å². The summed E-state index contributed by atoms with van der Waals surface area (Å²) in [7, 11) is 0. The van der Waals surface area contributed by atoms with Crippen molar-refractivity contribution in [3.05, 3.63) is 36.5 Å². The molecule has 1 aromatic rings. The number of rotatable bonds is 3. The van der Waals surface area contributed by atoms with Gasteiger partial charge >= 0.3 is 0 Å². The number of nitrogens with one attached hydrogen (secondary N) is 1. The molecule has 0 amide bonds. The monoisotopic (exact) mass is 162 g/mol. The lowest BCUT2D eigenvalue weighted by molar-refractivity contribution is -0.104. The quantitative estimate of drug-likeness (QED) is 0.401. The number of benzene rings is 1. The van der Waals surface area contributed by atoms with Crippen LogP contribution in [0.2, 0.25) is 0 Å². The first kappa shape index (κ1) is 8.33. The lowest BCUT2D eigenvalue weighted by Crippen LogP contribution is -1.89. The van der Waals surface area contributed by atoms with Crippen molar-refractivity contribution in [3.63, 3.8) is 0 Å². The minimum Gasteiger partial charge on any atom is -0.399 e. The minimum atomic E-state index is 0.694. The molecule has 0 saturated heterocycles. The zero-order valence-electron chi connectivity index (χ0n) is 6.53. The standard InChI is InChI=1S/C9H10N2O/c10-8-3-1-4-9(7-8)11-5-2-6-12/h1-7,11H,10H2/b5-2+. The predicted octanol–water partition coefficient (Wildman–Crippen LogP) is 1.39. The Morgan fingerprint density at radius 3 is 2.92 bits per heavy atom.